The molecule has 2 aliphatic rings. The van der Waals surface area contributed by atoms with E-state index in [2.05, 4.69) is 25.3 Å². The van der Waals surface area contributed by atoms with E-state index in [0.717, 1.165) is 43.9 Å². The Bertz CT molecular complexity index is 1090. The van der Waals surface area contributed by atoms with E-state index in [-0.39, 0.29) is 5.56 Å². The molecule has 29 heavy (non-hydrogen) atoms. The van der Waals surface area contributed by atoms with Crippen LogP contribution in [0.5, 0.6) is 0 Å². The van der Waals surface area contributed by atoms with E-state index in [1.54, 1.807) is 21.5 Å². The molecule has 1 N–H and O–H groups in total. The molecule has 0 amide bonds. The van der Waals surface area contributed by atoms with E-state index in [1.165, 1.54) is 29.8 Å². The van der Waals surface area contributed by atoms with Crippen molar-refractivity contribution in [2.75, 3.05) is 13.1 Å². The number of fused-ring (bicyclic) bond motifs is 1. The second kappa shape index (κ2) is 7.26. The van der Waals surface area contributed by atoms with Gasteiger partial charge in [0.2, 0.25) is 0 Å². The van der Waals surface area contributed by atoms with Crippen LogP contribution in [0, 0.1) is 19.8 Å². The van der Waals surface area contributed by atoms with Gasteiger partial charge in [-0.25, -0.2) is 9.36 Å². The molecule has 8 nitrogen and oxygen atoms in total. The van der Waals surface area contributed by atoms with Crippen molar-refractivity contribution >= 4 is 0 Å². The molecule has 0 atom stereocenters. The fourth-order valence-corrected chi connectivity index (χ4v) is 4.60. The lowest BCUT2D eigenvalue weighted by Crippen LogP contribution is -2.49. The topological polar surface area (TPSA) is 84.6 Å². The minimum atomic E-state index is -0.0601. The van der Waals surface area contributed by atoms with E-state index in [9.17, 15) is 4.79 Å². The van der Waals surface area contributed by atoms with Crippen molar-refractivity contribution < 1.29 is 0 Å². The molecular formula is C21H27N7O. The van der Waals surface area contributed by atoms with E-state index < -0.39 is 0 Å². The number of rotatable bonds is 5. The lowest BCUT2D eigenvalue weighted by atomic mass is 9.94. The van der Waals surface area contributed by atoms with E-state index in [0.29, 0.717) is 18.3 Å². The zero-order valence-corrected chi connectivity index (χ0v) is 17.1. The molecule has 0 bridgehead atoms. The van der Waals surface area contributed by atoms with Crippen LogP contribution in [0.15, 0.2) is 23.0 Å². The van der Waals surface area contributed by atoms with Crippen LogP contribution >= 0.6 is 0 Å². The third kappa shape index (κ3) is 3.53. The maximum atomic E-state index is 12.3. The van der Waals surface area contributed by atoms with Crippen molar-refractivity contribution in [3.05, 3.63) is 56.9 Å². The summed E-state index contributed by atoms with van der Waals surface area (Å²) in [6.07, 6.45) is 4.81. The molecule has 0 radical (unpaired) electrons. The summed E-state index contributed by atoms with van der Waals surface area (Å²) in [5.41, 5.74) is 5.87. The minimum absolute atomic E-state index is 0.0601. The van der Waals surface area contributed by atoms with Crippen LogP contribution in [-0.2, 0) is 25.9 Å². The van der Waals surface area contributed by atoms with Gasteiger partial charge in [-0.1, -0.05) is 0 Å². The van der Waals surface area contributed by atoms with Gasteiger partial charge in [0, 0.05) is 43.0 Å². The predicted octanol–water partition coefficient (Wildman–Crippen LogP) is 1.78. The molecule has 0 aromatic carbocycles. The first-order chi connectivity index (χ1) is 14.1. The lowest BCUT2D eigenvalue weighted by molar-refractivity contribution is 0.0750. The number of likely N-dealkylation sites (tertiary alicyclic amines) is 1. The monoisotopic (exact) mass is 393 g/mol. The second-order valence-electron chi connectivity index (χ2n) is 8.45. The van der Waals surface area contributed by atoms with Gasteiger partial charge in [-0.3, -0.25) is 14.8 Å². The van der Waals surface area contributed by atoms with Crippen LogP contribution in [0.2, 0.25) is 0 Å². The van der Waals surface area contributed by atoms with Gasteiger partial charge in [0.1, 0.15) is 0 Å². The number of nitrogens with one attached hydrogen (secondary N) is 1. The maximum absolute atomic E-state index is 12.3. The van der Waals surface area contributed by atoms with Crippen molar-refractivity contribution in [3.8, 4) is 5.82 Å². The van der Waals surface area contributed by atoms with Crippen molar-refractivity contribution in [1.82, 2.24) is 34.7 Å². The first-order valence-electron chi connectivity index (χ1n) is 10.5. The summed E-state index contributed by atoms with van der Waals surface area (Å²) in [5.74, 6) is 1.13. The largest absolute Gasteiger partial charge is 0.297 e. The van der Waals surface area contributed by atoms with Gasteiger partial charge < -0.3 is 0 Å². The van der Waals surface area contributed by atoms with Gasteiger partial charge in [0.15, 0.2) is 5.82 Å². The average Bonchev–Trinajstić information content (AvgIpc) is 3.24. The Hall–Kier alpha value is -2.74. The number of H-pyrrole nitrogens is 1. The number of aromatic amines is 1. The van der Waals surface area contributed by atoms with Crippen LogP contribution in [0.3, 0.4) is 0 Å². The smallest absolute Gasteiger partial charge is 0.266 e. The highest BCUT2D eigenvalue weighted by molar-refractivity contribution is 5.28. The van der Waals surface area contributed by atoms with Crippen molar-refractivity contribution in [2.24, 2.45) is 5.92 Å². The molecule has 1 fully saturated rings. The molecule has 3 aromatic rings. The minimum Gasteiger partial charge on any atom is -0.297 e. The zero-order valence-electron chi connectivity index (χ0n) is 17.1. The molecule has 8 heteroatoms. The Balaban J connectivity index is 1.23. The van der Waals surface area contributed by atoms with Gasteiger partial charge in [-0.05, 0) is 57.2 Å². The van der Waals surface area contributed by atoms with Gasteiger partial charge in [0.05, 0.1) is 17.9 Å². The molecule has 0 unspecified atom stereocenters. The Kier molecular flexibility index (Phi) is 4.58. The molecular weight excluding hydrogens is 366 g/mol. The molecule has 0 spiro atoms. The van der Waals surface area contributed by atoms with Gasteiger partial charge in [0.25, 0.3) is 5.56 Å². The first kappa shape index (κ1) is 18.3. The number of hydrogen-bond donors (Lipinski definition) is 1. The van der Waals surface area contributed by atoms with Crippen molar-refractivity contribution in [3.63, 3.8) is 0 Å². The zero-order chi connectivity index (χ0) is 20.0. The van der Waals surface area contributed by atoms with Crippen molar-refractivity contribution in [1.29, 1.82) is 0 Å². The standard InChI is InChI=1S/C21H27N7O/c1-14-9-15(2)28(24-14)20-7-8-21(29)27(25-20)12-16-10-26(11-16)13-19-17-5-3-4-6-18(17)22-23-19/h7-9,16H,3-6,10-13H2,1-2H3,(H,22,23). The quantitative estimate of drug-likeness (QED) is 0.714. The van der Waals surface area contributed by atoms with E-state index in [4.69, 9.17) is 0 Å². The summed E-state index contributed by atoms with van der Waals surface area (Å²) in [6.45, 7) is 7.44. The summed E-state index contributed by atoms with van der Waals surface area (Å²) < 4.78 is 3.38. The van der Waals surface area contributed by atoms with E-state index >= 15 is 0 Å². The summed E-state index contributed by atoms with van der Waals surface area (Å²) in [7, 11) is 0. The highest BCUT2D eigenvalue weighted by Gasteiger charge is 2.29. The third-order valence-corrected chi connectivity index (χ3v) is 6.06. The van der Waals surface area contributed by atoms with Gasteiger partial charge in [-0.2, -0.15) is 10.2 Å². The summed E-state index contributed by atoms with van der Waals surface area (Å²) in [6, 6.07) is 5.34. The average molecular weight is 393 g/mol. The molecule has 0 saturated carbocycles. The lowest BCUT2D eigenvalue weighted by Gasteiger charge is -2.39. The summed E-state index contributed by atoms with van der Waals surface area (Å²) >= 11 is 0. The maximum Gasteiger partial charge on any atom is 0.266 e. The van der Waals surface area contributed by atoms with Crippen LogP contribution in [0.1, 0.15) is 41.2 Å². The second-order valence-corrected chi connectivity index (χ2v) is 8.45. The Morgan fingerprint density at radius 2 is 1.97 bits per heavy atom. The molecule has 1 saturated heterocycles. The normalized spacial score (nSPS) is 17.3. The molecule has 1 aliphatic carbocycles. The fraction of sp³-hybridized carbons (Fsp3) is 0.524. The molecule has 5 rings (SSSR count). The summed E-state index contributed by atoms with van der Waals surface area (Å²) in [4.78, 5) is 14.7. The number of hydrogen-bond acceptors (Lipinski definition) is 5. The molecule has 152 valence electrons. The highest BCUT2D eigenvalue weighted by atomic mass is 16.1. The van der Waals surface area contributed by atoms with Crippen LogP contribution in [0.25, 0.3) is 5.82 Å². The fourth-order valence-electron chi connectivity index (χ4n) is 4.60. The number of aryl methyl sites for hydroxylation is 3. The third-order valence-electron chi connectivity index (χ3n) is 6.06. The van der Waals surface area contributed by atoms with Crippen molar-refractivity contribution in [2.45, 2.75) is 52.6 Å². The number of nitrogens with zero attached hydrogens (tertiary/aromatic N) is 6. The van der Waals surface area contributed by atoms with Gasteiger partial charge in [-0.15, -0.1) is 5.10 Å². The molecule has 1 aliphatic heterocycles. The first-order valence-corrected chi connectivity index (χ1v) is 10.5. The highest BCUT2D eigenvalue weighted by Crippen LogP contribution is 2.26. The van der Waals surface area contributed by atoms with Crippen LogP contribution < -0.4 is 5.56 Å². The van der Waals surface area contributed by atoms with E-state index in [1.807, 2.05) is 19.9 Å². The summed E-state index contributed by atoms with van der Waals surface area (Å²) in [5, 5.41) is 16.8. The van der Waals surface area contributed by atoms with Crippen LogP contribution in [-0.4, -0.2) is 47.7 Å². The van der Waals surface area contributed by atoms with Crippen LogP contribution in [0.4, 0.5) is 0 Å². The Morgan fingerprint density at radius 3 is 2.76 bits per heavy atom. The molecule has 3 aromatic heterocycles. The SMILES string of the molecule is Cc1cc(C)n(-c2ccc(=O)n(CC3CN(Cc4n[nH]c5c4CCCC5)C3)n2)n1. The van der Waals surface area contributed by atoms with Gasteiger partial charge >= 0.3 is 0 Å². The Labute approximate surface area is 169 Å². The molecule has 4 heterocycles. The predicted molar refractivity (Wildman–Crippen MR) is 109 cm³/mol. The Morgan fingerprint density at radius 1 is 1.14 bits per heavy atom. The number of aromatic nitrogens is 6.